The van der Waals surface area contributed by atoms with Crippen molar-refractivity contribution in [3.05, 3.63) is 30.1 Å². The van der Waals surface area contributed by atoms with Crippen LogP contribution >= 0.6 is 0 Å². The van der Waals surface area contributed by atoms with Gasteiger partial charge in [-0.05, 0) is 45.7 Å². The first-order valence-electron chi connectivity index (χ1n) is 7.60. The molecule has 22 heavy (non-hydrogen) atoms. The second kappa shape index (κ2) is 7.22. The number of likely N-dealkylation sites (tertiary alicyclic amines) is 1. The lowest BCUT2D eigenvalue weighted by molar-refractivity contribution is 0.0219. The van der Waals surface area contributed by atoms with E-state index in [0.29, 0.717) is 18.8 Å². The number of aromatic nitrogens is 1. The van der Waals surface area contributed by atoms with Crippen molar-refractivity contribution in [1.29, 1.82) is 0 Å². The third-order valence-corrected chi connectivity index (χ3v) is 5.13. The Morgan fingerprint density at radius 2 is 2.23 bits per heavy atom. The molecular weight excluding hydrogens is 300 g/mol. The number of piperidine rings is 1. The van der Waals surface area contributed by atoms with Crippen LogP contribution in [0.25, 0.3) is 0 Å². The first kappa shape index (κ1) is 16.9. The number of rotatable bonds is 3. The van der Waals surface area contributed by atoms with E-state index < -0.39 is 16.4 Å². The van der Waals surface area contributed by atoms with Crippen molar-refractivity contribution in [1.82, 2.24) is 9.88 Å². The van der Waals surface area contributed by atoms with Crippen LogP contribution in [-0.4, -0.2) is 44.1 Å². The van der Waals surface area contributed by atoms with Crippen molar-refractivity contribution in [2.24, 2.45) is 0 Å². The van der Waals surface area contributed by atoms with Gasteiger partial charge in [-0.3, -0.25) is 9.19 Å². The molecule has 6 heteroatoms. The number of ether oxygens (including phenoxy) is 1. The number of hydrogen-bond acceptors (Lipinski definition) is 4. The normalized spacial score (nSPS) is 20.5. The van der Waals surface area contributed by atoms with Crippen LogP contribution in [0.15, 0.2) is 24.4 Å². The predicted molar refractivity (Wildman–Crippen MR) is 86.9 cm³/mol. The largest absolute Gasteiger partial charge is 0.444 e. The Balaban J connectivity index is 1.92. The lowest BCUT2D eigenvalue weighted by atomic mass is 10.1. The highest BCUT2D eigenvalue weighted by atomic mass is 32.2. The fraction of sp³-hybridized carbons (Fsp3) is 0.625. The summed E-state index contributed by atoms with van der Waals surface area (Å²) in [6.07, 6.45) is 3.13. The molecule has 1 aliphatic rings. The van der Waals surface area contributed by atoms with E-state index in [0.717, 1.165) is 18.5 Å². The molecule has 2 atom stereocenters. The molecule has 0 aromatic carbocycles. The maximum atomic E-state index is 12.5. The van der Waals surface area contributed by atoms with E-state index in [-0.39, 0.29) is 11.3 Å². The Labute approximate surface area is 134 Å². The van der Waals surface area contributed by atoms with E-state index in [1.54, 1.807) is 11.1 Å². The quantitative estimate of drug-likeness (QED) is 0.858. The molecule has 1 aromatic rings. The van der Waals surface area contributed by atoms with Gasteiger partial charge in [0.25, 0.3) is 0 Å². The summed E-state index contributed by atoms with van der Waals surface area (Å²) in [5, 5.41) is -0.0109. The van der Waals surface area contributed by atoms with Gasteiger partial charge >= 0.3 is 6.09 Å². The van der Waals surface area contributed by atoms with Crippen molar-refractivity contribution < 1.29 is 13.7 Å². The van der Waals surface area contributed by atoms with Crippen LogP contribution in [-0.2, 0) is 21.3 Å². The highest BCUT2D eigenvalue weighted by molar-refractivity contribution is 7.84. The highest BCUT2D eigenvalue weighted by Gasteiger charge is 2.30. The van der Waals surface area contributed by atoms with Crippen molar-refractivity contribution in [3.63, 3.8) is 0 Å². The maximum absolute atomic E-state index is 12.5. The molecule has 2 heterocycles. The average Bonchev–Trinajstić information content (AvgIpc) is 2.46. The highest BCUT2D eigenvalue weighted by Crippen LogP contribution is 2.19. The molecule has 0 aliphatic carbocycles. The van der Waals surface area contributed by atoms with Gasteiger partial charge in [0, 0.05) is 30.1 Å². The van der Waals surface area contributed by atoms with Gasteiger partial charge in [-0.1, -0.05) is 6.07 Å². The molecule has 0 N–H and O–H groups in total. The standard InChI is InChI=1S/C16H24N2O3S/c1-16(2,3)21-15(19)18-10-6-8-14(11-18)22(20)12-13-7-4-5-9-17-13/h4-5,7,9,14H,6,8,10-12H2,1-3H3/t14-,22+/m0/s1. The Morgan fingerprint density at radius 1 is 1.45 bits per heavy atom. The zero-order valence-corrected chi connectivity index (χ0v) is 14.3. The van der Waals surface area contributed by atoms with E-state index in [2.05, 4.69) is 4.98 Å². The van der Waals surface area contributed by atoms with Crippen molar-refractivity contribution >= 4 is 16.9 Å². The van der Waals surface area contributed by atoms with Crippen molar-refractivity contribution in [2.45, 2.75) is 50.2 Å². The molecular formula is C16H24N2O3S. The van der Waals surface area contributed by atoms with Crippen LogP contribution in [0.1, 0.15) is 39.3 Å². The van der Waals surface area contributed by atoms with Crippen LogP contribution in [0.2, 0.25) is 0 Å². The second-order valence-electron chi connectivity index (χ2n) is 6.54. The number of carbonyl (C=O) groups is 1. The number of pyridine rings is 1. The molecule has 122 valence electrons. The van der Waals surface area contributed by atoms with E-state index in [1.165, 1.54) is 0 Å². The van der Waals surface area contributed by atoms with Crippen molar-refractivity contribution in [3.8, 4) is 0 Å². The Morgan fingerprint density at radius 3 is 2.86 bits per heavy atom. The van der Waals surface area contributed by atoms with Crippen LogP contribution in [0, 0.1) is 0 Å². The van der Waals surface area contributed by atoms with Crippen LogP contribution in [0.3, 0.4) is 0 Å². The van der Waals surface area contributed by atoms with Gasteiger partial charge in [-0.15, -0.1) is 0 Å². The van der Waals surface area contributed by atoms with Gasteiger partial charge in [0.15, 0.2) is 0 Å². The van der Waals surface area contributed by atoms with Crippen LogP contribution in [0.5, 0.6) is 0 Å². The summed E-state index contributed by atoms with van der Waals surface area (Å²) in [5.74, 6) is 0.438. The summed E-state index contributed by atoms with van der Waals surface area (Å²) in [4.78, 5) is 18.0. The summed E-state index contributed by atoms with van der Waals surface area (Å²) < 4.78 is 17.9. The third-order valence-electron chi connectivity index (χ3n) is 3.42. The molecule has 5 nitrogen and oxygen atoms in total. The second-order valence-corrected chi connectivity index (χ2v) is 8.25. The number of nitrogens with zero attached hydrogens (tertiary/aromatic N) is 2. The SMILES string of the molecule is CC(C)(C)OC(=O)N1CCC[C@H]([S@](=O)Cc2ccccn2)C1. The molecule has 0 unspecified atom stereocenters. The Bertz CT molecular complexity index is 528. The first-order chi connectivity index (χ1) is 10.3. The van der Waals surface area contributed by atoms with Crippen LogP contribution in [0.4, 0.5) is 4.79 Å². The van der Waals surface area contributed by atoms with Gasteiger partial charge in [0.1, 0.15) is 5.60 Å². The maximum Gasteiger partial charge on any atom is 0.410 e. The molecule has 0 spiro atoms. The molecule has 0 bridgehead atoms. The van der Waals surface area contributed by atoms with E-state index in [9.17, 15) is 9.00 Å². The molecule has 1 amide bonds. The zero-order chi connectivity index (χ0) is 16.2. The molecule has 0 saturated carbocycles. The fourth-order valence-corrected chi connectivity index (χ4v) is 3.87. The van der Waals surface area contributed by atoms with Gasteiger partial charge in [-0.25, -0.2) is 4.79 Å². The topological polar surface area (TPSA) is 59.5 Å². The Kier molecular flexibility index (Phi) is 5.56. The summed E-state index contributed by atoms with van der Waals surface area (Å²) in [6, 6.07) is 5.62. The Hall–Kier alpha value is -1.43. The predicted octanol–water partition coefficient (Wildman–Crippen LogP) is 2.73. The lowest BCUT2D eigenvalue weighted by Crippen LogP contribution is -2.46. The minimum Gasteiger partial charge on any atom is -0.444 e. The molecule has 1 fully saturated rings. The van der Waals surface area contributed by atoms with Gasteiger partial charge in [0.2, 0.25) is 0 Å². The van der Waals surface area contributed by atoms with E-state index in [1.807, 2.05) is 39.0 Å². The molecule has 1 aliphatic heterocycles. The summed E-state index contributed by atoms with van der Waals surface area (Å²) >= 11 is 0. The number of hydrogen-bond donors (Lipinski definition) is 0. The molecule has 0 radical (unpaired) electrons. The lowest BCUT2D eigenvalue weighted by Gasteiger charge is -2.33. The molecule has 1 aromatic heterocycles. The van der Waals surface area contributed by atoms with Gasteiger partial charge in [0.05, 0.1) is 16.7 Å². The number of amides is 1. The molecule has 2 rings (SSSR count). The van der Waals surface area contributed by atoms with Gasteiger partial charge < -0.3 is 9.64 Å². The van der Waals surface area contributed by atoms with E-state index in [4.69, 9.17) is 4.74 Å². The minimum atomic E-state index is -1.03. The van der Waals surface area contributed by atoms with E-state index >= 15 is 0 Å². The minimum absolute atomic E-state index is 0.0109. The fourth-order valence-electron chi connectivity index (χ4n) is 2.39. The zero-order valence-electron chi connectivity index (χ0n) is 13.4. The van der Waals surface area contributed by atoms with Crippen LogP contribution < -0.4 is 0 Å². The third kappa shape index (κ3) is 5.09. The molecule has 1 saturated heterocycles. The summed E-state index contributed by atoms with van der Waals surface area (Å²) in [7, 11) is -1.03. The smallest absolute Gasteiger partial charge is 0.410 e. The first-order valence-corrected chi connectivity index (χ1v) is 8.98. The summed E-state index contributed by atoms with van der Waals surface area (Å²) in [5.41, 5.74) is 0.326. The monoisotopic (exact) mass is 324 g/mol. The van der Waals surface area contributed by atoms with Crippen molar-refractivity contribution in [2.75, 3.05) is 13.1 Å². The number of carbonyl (C=O) groups excluding carboxylic acids is 1. The summed E-state index contributed by atoms with van der Waals surface area (Å²) in [6.45, 7) is 6.73. The average molecular weight is 324 g/mol. The van der Waals surface area contributed by atoms with Gasteiger partial charge in [-0.2, -0.15) is 0 Å².